The number of carbonyl (C=O) groups is 1. The Hall–Kier alpha value is -1.65. The molecule has 0 atom stereocenters. The quantitative estimate of drug-likeness (QED) is 0.751. The zero-order chi connectivity index (χ0) is 9.97. The first kappa shape index (κ1) is 8.93. The Morgan fingerprint density at radius 3 is 3.29 bits per heavy atom. The SMILES string of the molecule is CCCn1ncc2c1C(=O)NCC=N2. The molecule has 1 amide bonds. The summed E-state index contributed by atoms with van der Waals surface area (Å²) < 4.78 is 1.70. The van der Waals surface area contributed by atoms with Gasteiger partial charge < -0.3 is 5.32 Å². The molecule has 14 heavy (non-hydrogen) atoms. The third-order valence-corrected chi connectivity index (χ3v) is 2.05. The van der Waals surface area contributed by atoms with E-state index in [9.17, 15) is 4.79 Å². The van der Waals surface area contributed by atoms with Gasteiger partial charge in [-0.2, -0.15) is 5.10 Å². The average molecular weight is 192 g/mol. The molecule has 2 heterocycles. The summed E-state index contributed by atoms with van der Waals surface area (Å²) in [6, 6.07) is 0. The van der Waals surface area contributed by atoms with Crippen molar-refractivity contribution in [3.63, 3.8) is 0 Å². The van der Waals surface area contributed by atoms with E-state index in [0.717, 1.165) is 13.0 Å². The topological polar surface area (TPSA) is 59.3 Å². The van der Waals surface area contributed by atoms with Gasteiger partial charge in [-0.05, 0) is 6.42 Å². The second-order valence-corrected chi connectivity index (χ2v) is 3.12. The fraction of sp³-hybridized carbons (Fsp3) is 0.444. The fourth-order valence-corrected chi connectivity index (χ4v) is 1.45. The molecular weight excluding hydrogens is 180 g/mol. The highest BCUT2D eigenvalue weighted by atomic mass is 16.2. The van der Waals surface area contributed by atoms with Crippen LogP contribution in [0.5, 0.6) is 0 Å². The monoisotopic (exact) mass is 192 g/mol. The molecule has 0 radical (unpaired) electrons. The number of carbonyl (C=O) groups excluding carboxylic acids is 1. The van der Waals surface area contributed by atoms with Crippen LogP contribution in [0.15, 0.2) is 11.2 Å². The third kappa shape index (κ3) is 1.41. The van der Waals surface area contributed by atoms with E-state index in [4.69, 9.17) is 0 Å². The standard InChI is InChI=1S/C9H12N4O/c1-2-5-13-8-7(6-12-13)10-3-4-11-9(8)14/h3,6H,2,4-5H2,1H3,(H,11,14). The molecule has 1 aromatic heterocycles. The minimum absolute atomic E-state index is 0.0940. The van der Waals surface area contributed by atoms with E-state index in [0.29, 0.717) is 17.9 Å². The van der Waals surface area contributed by atoms with Gasteiger partial charge in [0.1, 0.15) is 5.69 Å². The van der Waals surface area contributed by atoms with Gasteiger partial charge in [0.05, 0.1) is 12.7 Å². The van der Waals surface area contributed by atoms with Crippen molar-refractivity contribution in [2.24, 2.45) is 4.99 Å². The van der Waals surface area contributed by atoms with Crippen molar-refractivity contribution in [2.75, 3.05) is 6.54 Å². The second-order valence-electron chi connectivity index (χ2n) is 3.12. The van der Waals surface area contributed by atoms with Crippen molar-refractivity contribution in [2.45, 2.75) is 19.9 Å². The molecule has 0 spiro atoms. The Kier molecular flexibility index (Phi) is 2.30. The molecule has 0 aromatic carbocycles. The normalized spacial score (nSPS) is 14.8. The van der Waals surface area contributed by atoms with Gasteiger partial charge in [0, 0.05) is 12.8 Å². The Labute approximate surface area is 81.8 Å². The van der Waals surface area contributed by atoms with Gasteiger partial charge in [-0.3, -0.25) is 14.5 Å². The second kappa shape index (κ2) is 3.61. The van der Waals surface area contributed by atoms with Crippen LogP contribution in [0, 0.1) is 0 Å². The van der Waals surface area contributed by atoms with Gasteiger partial charge in [0.15, 0.2) is 5.69 Å². The molecule has 0 aliphatic carbocycles. The van der Waals surface area contributed by atoms with Crippen LogP contribution in [0.2, 0.25) is 0 Å². The van der Waals surface area contributed by atoms with Crippen molar-refractivity contribution < 1.29 is 4.79 Å². The number of hydrogen-bond acceptors (Lipinski definition) is 3. The van der Waals surface area contributed by atoms with Gasteiger partial charge in [0.25, 0.3) is 5.91 Å². The molecule has 5 heteroatoms. The molecule has 0 fully saturated rings. The largest absolute Gasteiger partial charge is 0.346 e. The highest BCUT2D eigenvalue weighted by Gasteiger charge is 2.18. The summed E-state index contributed by atoms with van der Waals surface area (Å²) in [6.07, 6.45) is 4.26. The molecule has 0 unspecified atom stereocenters. The lowest BCUT2D eigenvalue weighted by atomic mass is 10.3. The fourth-order valence-electron chi connectivity index (χ4n) is 1.45. The molecule has 0 saturated carbocycles. The van der Waals surface area contributed by atoms with Crippen LogP contribution in [-0.2, 0) is 6.54 Å². The van der Waals surface area contributed by atoms with Crippen molar-refractivity contribution >= 4 is 17.8 Å². The third-order valence-electron chi connectivity index (χ3n) is 2.05. The molecule has 1 aliphatic rings. The maximum Gasteiger partial charge on any atom is 0.272 e. The Morgan fingerprint density at radius 2 is 2.50 bits per heavy atom. The summed E-state index contributed by atoms with van der Waals surface area (Å²) in [5.74, 6) is -0.0940. The number of aliphatic imine (C=N–C) groups is 1. The lowest BCUT2D eigenvalue weighted by molar-refractivity contribution is 0.0950. The van der Waals surface area contributed by atoms with Crippen LogP contribution < -0.4 is 5.32 Å². The van der Waals surface area contributed by atoms with E-state index >= 15 is 0 Å². The first-order valence-corrected chi connectivity index (χ1v) is 4.69. The zero-order valence-corrected chi connectivity index (χ0v) is 8.03. The maximum atomic E-state index is 11.6. The number of nitrogens with zero attached hydrogens (tertiary/aromatic N) is 3. The highest BCUT2D eigenvalue weighted by Crippen LogP contribution is 2.19. The molecule has 2 rings (SSSR count). The number of nitrogens with one attached hydrogen (secondary N) is 1. The maximum absolute atomic E-state index is 11.6. The van der Waals surface area contributed by atoms with E-state index in [1.807, 2.05) is 6.92 Å². The number of aromatic nitrogens is 2. The number of aryl methyl sites for hydroxylation is 1. The molecular formula is C9H12N4O. The van der Waals surface area contributed by atoms with Crippen LogP contribution in [0.3, 0.4) is 0 Å². The predicted molar refractivity (Wildman–Crippen MR) is 53.0 cm³/mol. The Balaban J connectivity index is 2.43. The molecule has 1 N–H and O–H groups in total. The minimum Gasteiger partial charge on any atom is -0.346 e. The smallest absolute Gasteiger partial charge is 0.272 e. The Morgan fingerprint density at radius 1 is 1.64 bits per heavy atom. The van der Waals surface area contributed by atoms with Crippen LogP contribution >= 0.6 is 0 Å². The number of amides is 1. The zero-order valence-electron chi connectivity index (χ0n) is 8.03. The summed E-state index contributed by atoms with van der Waals surface area (Å²) in [7, 11) is 0. The average Bonchev–Trinajstić information content (AvgIpc) is 2.47. The van der Waals surface area contributed by atoms with Gasteiger partial charge in [-0.1, -0.05) is 6.92 Å². The van der Waals surface area contributed by atoms with Gasteiger partial charge >= 0.3 is 0 Å². The summed E-state index contributed by atoms with van der Waals surface area (Å²) in [4.78, 5) is 15.8. The van der Waals surface area contributed by atoms with Gasteiger partial charge in [-0.15, -0.1) is 0 Å². The summed E-state index contributed by atoms with van der Waals surface area (Å²) in [6.45, 7) is 3.28. The first-order valence-electron chi connectivity index (χ1n) is 4.69. The lowest BCUT2D eigenvalue weighted by Gasteiger charge is -2.04. The predicted octanol–water partition coefficient (Wildman–Crippen LogP) is 0.739. The van der Waals surface area contributed by atoms with Crippen molar-refractivity contribution in [1.82, 2.24) is 15.1 Å². The summed E-state index contributed by atoms with van der Waals surface area (Å²) in [5.41, 5.74) is 1.23. The molecule has 1 aromatic rings. The van der Waals surface area contributed by atoms with Crippen LogP contribution in [-0.4, -0.2) is 28.4 Å². The van der Waals surface area contributed by atoms with Crippen molar-refractivity contribution in [3.8, 4) is 0 Å². The summed E-state index contributed by atoms with van der Waals surface area (Å²) >= 11 is 0. The molecule has 5 nitrogen and oxygen atoms in total. The van der Waals surface area contributed by atoms with Crippen LogP contribution in [0.1, 0.15) is 23.8 Å². The van der Waals surface area contributed by atoms with E-state index in [2.05, 4.69) is 15.4 Å². The number of fused-ring (bicyclic) bond motifs is 1. The van der Waals surface area contributed by atoms with Crippen molar-refractivity contribution in [3.05, 3.63) is 11.9 Å². The molecule has 0 saturated heterocycles. The lowest BCUT2D eigenvalue weighted by Crippen LogP contribution is -2.26. The van der Waals surface area contributed by atoms with Crippen LogP contribution in [0.25, 0.3) is 0 Å². The number of rotatable bonds is 2. The number of hydrogen-bond donors (Lipinski definition) is 1. The highest BCUT2D eigenvalue weighted by molar-refractivity contribution is 6.00. The van der Waals surface area contributed by atoms with Crippen LogP contribution in [0.4, 0.5) is 5.69 Å². The molecule has 74 valence electrons. The minimum atomic E-state index is -0.0940. The van der Waals surface area contributed by atoms with E-state index in [1.54, 1.807) is 17.1 Å². The Bertz CT molecular complexity index is 380. The van der Waals surface area contributed by atoms with Gasteiger partial charge in [0.2, 0.25) is 0 Å². The first-order chi connectivity index (χ1) is 6.83. The van der Waals surface area contributed by atoms with E-state index in [1.165, 1.54) is 0 Å². The van der Waals surface area contributed by atoms with Gasteiger partial charge in [-0.25, -0.2) is 0 Å². The molecule has 1 aliphatic heterocycles. The van der Waals surface area contributed by atoms with E-state index < -0.39 is 0 Å². The van der Waals surface area contributed by atoms with E-state index in [-0.39, 0.29) is 5.91 Å². The summed E-state index contributed by atoms with van der Waals surface area (Å²) in [5, 5.41) is 6.86. The molecule has 0 bridgehead atoms. The van der Waals surface area contributed by atoms with Crippen molar-refractivity contribution in [1.29, 1.82) is 0 Å².